The van der Waals surface area contributed by atoms with Crippen LogP contribution in [0.2, 0.25) is 5.02 Å². The molecule has 0 fully saturated rings. The molecule has 3 aromatic rings. The summed E-state index contributed by atoms with van der Waals surface area (Å²) >= 11 is 13.0. The molecule has 0 spiro atoms. The van der Waals surface area contributed by atoms with E-state index in [-0.39, 0.29) is 0 Å². The SMILES string of the molecule is C[n+]1sc(-c2ccc(Cl)cc2)cc1Sc1ccccc1Br. The lowest BCUT2D eigenvalue weighted by atomic mass is 10.2. The van der Waals surface area contributed by atoms with Gasteiger partial charge in [-0.15, -0.1) is 3.96 Å². The van der Waals surface area contributed by atoms with Crippen LogP contribution in [-0.4, -0.2) is 0 Å². The van der Waals surface area contributed by atoms with Crippen LogP contribution in [0.4, 0.5) is 0 Å². The predicted octanol–water partition coefficient (Wildman–Crippen LogP) is 5.81. The van der Waals surface area contributed by atoms with Crippen LogP contribution < -0.4 is 3.96 Å². The summed E-state index contributed by atoms with van der Waals surface area (Å²) in [6.45, 7) is 0. The van der Waals surface area contributed by atoms with E-state index >= 15 is 0 Å². The largest absolute Gasteiger partial charge is 0.259 e. The zero-order chi connectivity index (χ0) is 14.8. The van der Waals surface area contributed by atoms with Crippen molar-refractivity contribution >= 4 is 50.8 Å². The molecule has 21 heavy (non-hydrogen) atoms. The molecule has 1 nitrogen and oxygen atoms in total. The minimum Gasteiger partial charge on any atom is -0.130 e. The lowest BCUT2D eigenvalue weighted by Crippen LogP contribution is -2.23. The highest BCUT2D eigenvalue weighted by molar-refractivity contribution is 9.10. The van der Waals surface area contributed by atoms with Gasteiger partial charge in [-0.25, -0.2) is 0 Å². The van der Waals surface area contributed by atoms with Gasteiger partial charge >= 0.3 is 0 Å². The van der Waals surface area contributed by atoms with E-state index in [1.165, 1.54) is 20.4 Å². The average molecular weight is 398 g/mol. The number of hydrogen-bond donors (Lipinski definition) is 0. The Hall–Kier alpha value is -0.810. The molecule has 0 saturated heterocycles. The summed E-state index contributed by atoms with van der Waals surface area (Å²) in [6.07, 6.45) is 0. The summed E-state index contributed by atoms with van der Waals surface area (Å²) in [5, 5.41) is 1.99. The van der Waals surface area contributed by atoms with Gasteiger partial charge in [0.15, 0.2) is 7.05 Å². The summed E-state index contributed by atoms with van der Waals surface area (Å²) in [4.78, 5) is 2.46. The van der Waals surface area contributed by atoms with Crippen LogP contribution >= 0.6 is 50.8 Å². The van der Waals surface area contributed by atoms with Gasteiger partial charge in [0.05, 0.1) is 0 Å². The van der Waals surface area contributed by atoms with Gasteiger partial charge in [-0.05, 0) is 57.5 Å². The molecule has 0 N–H and O–H groups in total. The Morgan fingerprint density at radius 2 is 1.81 bits per heavy atom. The maximum Gasteiger partial charge on any atom is 0.259 e. The van der Waals surface area contributed by atoms with Gasteiger partial charge in [-0.3, -0.25) is 0 Å². The third kappa shape index (κ3) is 3.51. The standard InChI is InChI=1S/C16H12BrClNS2/c1-19-16(20-14-5-3-2-4-13(14)17)10-15(21-19)11-6-8-12(18)9-7-11/h2-10H,1H3/q+1. The molecule has 0 aliphatic carbocycles. The fourth-order valence-corrected chi connectivity index (χ4v) is 4.54. The second-order valence-corrected chi connectivity index (χ2v) is 8.00. The molecule has 0 aliphatic rings. The zero-order valence-corrected chi connectivity index (χ0v) is 15.2. The Bertz CT molecular complexity index is 768. The van der Waals surface area contributed by atoms with Crippen molar-refractivity contribution in [2.45, 2.75) is 9.92 Å². The highest BCUT2D eigenvalue weighted by atomic mass is 79.9. The van der Waals surface area contributed by atoms with Gasteiger partial charge in [-0.2, -0.15) is 0 Å². The van der Waals surface area contributed by atoms with E-state index in [4.69, 9.17) is 11.6 Å². The monoisotopic (exact) mass is 396 g/mol. The van der Waals surface area contributed by atoms with Crippen LogP contribution in [0.5, 0.6) is 0 Å². The molecular formula is C16H12BrClNS2+. The van der Waals surface area contributed by atoms with Crippen molar-refractivity contribution < 1.29 is 3.96 Å². The van der Waals surface area contributed by atoms with Gasteiger partial charge in [-0.1, -0.05) is 35.9 Å². The first-order chi connectivity index (χ1) is 10.1. The number of aryl methyl sites for hydroxylation is 1. The van der Waals surface area contributed by atoms with Crippen LogP contribution in [-0.2, 0) is 7.05 Å². The molecule has 1 aromatic heterocycles. The molecule has 0 saturated carbocycles. The van der Waals surface area contributed by atoms with Crippen molar-refractivity contribution in [3.63, 3.8) is 0 Å². The number of benzene rings is 2. The number of aromatic nitrogens is 1. The Morgan fingerprint density at radius 1 is 1.10 bits per heavy atom. The normalized spacial score (nSPS) is 10.8. The molecule has 3 rings (SSSR count). The second kappa shape index (κ2) is 6.53. The minimum absolute atomic E-state index is 0.766. The molecule has 0 amide bonds. The topological polar surface area (TPSA) is 3.88 Å². The van der Waals surface area contributed by atoms with Crippen molar-refractivity contribution in [3.8, 4) is 10.4 Å². The quantitative estimate of drug-likeness (QED) is 0.505. The summed E-state index contributed by atoms with van der Waals surface area (Å²) in [7, 11) is 2.09. The lowest BCUT2D eigenvalue weighted by molar-refractivity contribution is -0.640. The first-order valence-electron chi connectivity index (χ1n) is 6.32. The number of nitrogens with zero attached hydrogens (tertiary/aromatic N) is 1. The molecule has 106 valence electrons. The van der Waals surface area contributed by atoms with Crippen molar-refractivity contribution in [1.82, 2.24) is 0 Å². The highest BCUT2D eigenvalue weighted by Gasteiger charge is 2.17. The van der Waals surface area contributed by atoms with Crippen molar-refractivity contribution in [1.29, 1.82) is 0 Å². The minimum atomic E-state index is 0.766. The molecule has 0 unspecified atom stereocenters. The van der Waals surface area contributed by atoms with Gasteiger partial charge in [0.2, 0.25) is 0 Å². The smallest absolute Gasteiger partial charge is 0.130 e. The Labute approximate surface area is 145 Å². The van der Waals surface area contributed by atoms with Gasteiger partial charge in [0, 0.05) is 20.5 Å². The molecule has 2 aromatic carbocycles. The molecule has 0 radical (unpaired) electrons. The fraction of sp³-hybridized carbons (Fsp3) is 0.0625. The summed E-state index contributed by atoms with van der Waals surface area (Å²) in [5.41, 5.74) is 1.19. The van der Waals surface area contributed by atoms with Crippen molar-refractivity contribution in [2.24, 2.45) is 7.05 Å². The zero-order valence-electron chi connectivity index (χ0n) is 11.2. The maximum atomic E-state index is 5.95. The van der Waals surface area contributed by atoms with E-state index in [9.17, 15) is 0 Å². The Balaban J connectivity index is 1.91. The van der Waals surface area contributed by atoms with E-state index in [1.54, 1.807) is 23.3 Å². The lowest BCUT2D eigenvalue weighted by Gasteiger charge is -1.98. The third-order valence-corrected chi connectivity index (χ3v) is 6.50. The molecule has 5 heteroatoms. The number of rotatable bonds is 3. The van der Waals surface area contributed by atoms with E-state index in [0.29, 0.717) is 0 Å². The molecule has 0 aliphatic heterocycles. The van der Waals surface area contributed by atoms with Crippen LogP contribution in [0.15, 0.2) is 69.0 Å². The van der Waals surface area contributed by atoms with Gasteiger partial charge < -0.3 is 0 Å². The molecule has 0 atom stereocenters. The van der Waals surface area contributed by atoms with Gasteiger partial charge in [0.1, 0.15) is 16.4 Å². The van der Waals surface area contributed by atoms with E-state index in [0.717, 1.165) is 9.50 Å². The molecule has 1 heterocycles. The Kier molecular flexibility index (Phi) is 4.69. The fourth-order valence-electron chi connectivity index (χ4n) is 1.91. The first-order valence-corrected chi connectivity index (χ1v) is 9.08. The van der Waals surface area contributed by atoms with E-state index < -0.39 is 0 Å². The second-order valence-electron chi connectivity index (χ2n) is 4.47. The third-order valence-electron chi connectivity index (χ3n) is 2.98. The summed E-state index contributed by atoms with van der Waals surface area (Å²) in [5.74, 6) is 0. The van der Waals surface area contributed by atoms with E-state index in [2.05, 4.69) is 63.3 Å². The molecule has 0 bridgehead atoms. The number of halogens is 2. The summed E-state index contributed by atoms with van der Waals surface area (Å²) in [6, 6.07) is 18.5. The van der Waals surface area contributed by atoms with Crippen molar-refractivity contribution in [2.75, 3.05) is 0 Å². The van der Waals surface area contributed by atoms with Crippen LogP contribution in [0.1, 0.15) is 0 Å². The highest BCUT2D eigenvalue weighted by Crippen LogP contribution is 2.35. The maximum absolute atomic E-state index is 5.95. The average Bonchev–Trinajstić information content (AvgIpc) is 2.83. The van der Waals surface area contributed by atoms with Gasteiger partial charge in [0.25, 0.3) is 5.03 Å². The van der Waals surface area contributed by atoms with Crippen LogP contribution in [0.25, 0.3) is 10.4 Å². The van der Waals surface area contributed by atoms with Crippen LogP contribution in [0, 0.1) is 0 Å². The summed E-state index contributed by atoms with van der Waals surface area (Å²) < 4.78 is 3.31. The molecular weight excluding hydrogens is 386 g/mol. The Morgan fingerprint density at radius 3 is 2.52 bits per heavy atom. The number of hydrogen-bond acceptors (Lipinski definition) is 2. The van der Waals surface area contributed by atoms with E-state index in [1.807, 2.05) is 18.2 Å². The van der Waals surface area contributed by atoms with Crippen LogP contribution in [0.3, 0.4) is 0 Å². The first kappa shape index (κ1) is 15.1. The van der Waals surface area contributed by atoms with Crippen molar-refractivity contribution in [3.05, 3.63) is 64.1 Å². The predicted molar refractivity (Wildman–Crippen MR) is 94.2 cm³/mol.